The van der Waals surface area contributed by atoms with E-state index >= 15 is 0 Å². The maximum atomic E-state index is 9.89. The summed E-state index contributed by atoms with van der Waals surface area (Å²) in [5.41, 5.74) is 0.865. The van der Waals surface area contributed by atoms with Crippen LogP contribution < -0.4 is 0 Å². The molecule has 0 spiro atoms. The zero-order valence-corrected chi connectivity index (χ0v) is 6.76. The number of carbonyl (C=O) groups excluding carboxylic acids is 1. The largest absolute Gasteiger partial charge is 0.233 e. The summed E-state index contributed by atoms with van der Waals surface area (Å²) in [5, 5.41) is 0. The Morgan fingerprint density at radius 3 is 2.90 bits per heavy atom. The van der Waals surface area contributed by atoms with Gasteiger partial charge in [-0.25, -0.2) is 4.79 Å². The normalized spacial score (nSPS) is 8.50. The Bertz CT molecular complexity index is 274. The summed E-state index contributed by atoms with van der Waals surface area (Å²) < 4.78 is 0.969. The van der Waals surface area contributed by atoms with Crippen LogP contribution in [0.5, 0.6) is 0 Å². The van der Waals surface area contributed by atoms with Gasteiger partial charge in [0.2, 0.25) is 0 Å². The SMILES string of the molecule is O=C=Cc1cccc(Br)c1. The van der Waals surface area contributed by atoms with Crippen LogP contribution in [-0.2, 0) is 4.79 Å². The first-order valence-electron chi connectivity index (χ1n) is 2.79. The quantitative estimate of drug-likeness (QED) is 0.631. The molecule has 0 aliphatic carbocycles. The van der Waals surface area contributed by atoms with E-state index < -0.39 is 0 Å². The van der Waals surface area contributed by atoms with Crippen LogP contribution in [-0.4, -0.2) is 5.94 Å². The fraction of sp³-hybridized carbons (Fsp3) is 0. The van der Waals surface area contributed by atoms with Crippen molar-refractivity contribution >= 4 is 27.9 Å². The Morgan fingerprint density at radius 2 is 2.30 bits per heavy atom. The highest BCUT2D eigenvalue weighted by Crippen LogP contribution is 2.11. The predicted octanol–water partition coefficient (Wildman–Crippen LogP) is 2.29. The predicted molar refractivity (Wildman–Crippen MR) is 44.3 cm³/mol. The highest BCUT2D eigenvalue weighted by molar-refractivity contribution is 9.10. The van der Waals surface area contributed by atoms with Crippen LogP contribution >= 0.6 is 15.9 Å². The van der Waals surface area contributed by atoms with Gasteiger partial charge in [0, 0.05) is 10.5 Å². The molecule has 0 fully saturated rings. The number of hydrogen-bond acceptors (Lipinski definition) is 1. The van der Waals surface area contributed by atoms with Gasteiger partial charge in [0.1, 0.15) is 5.94 Å². The lowest BCUT2D eigenvalue weighted by Crippen LogP contribution is -1.70. The highest BCUT2D eigenvalue weighted by Gasteiger charge is 1.86. The molecule has 0 saturated heterocycles. The Kier molecular flexibility index (Phi) is 2.43. The average Bonchev–Trinajstić information content (AvgIpc) is 1.88. The minimum atomic E-state index is 0.865. The van der Waals surface area contributed by atoms with Crippen molar-refractivity contribution in [2.24, 2.45) is 0 Å². The molecule has 0 aromatic heterocycles. The van der Waals surface area contributed by atoms with Crippen LogP contribution in [0.25, 0.3) is 6.08 Å². The van der Waals surface area contributed by atoms with Crippen LogP contribution in [0.3, 0.4) is 0 Å². The Labute approximate surface area is 67.5 Å². The summed E-state index contributed by atoms with van der Waals surface area (Å²) in [4.78, 5) is 9.89. The van der Waals surface area contributed by atoms with E-state index in [0.717, 1.165) is 10.0 Å². The molecule has 1 aromatic rings. The minimum Gasteiger partial charge on any atom is -0.233 e. The number of hydrogen-bond donors (Lipinski definition) is 0. The van der Waals surface area contributed by atoms with Crippen molar-refractivity contribution in [1.29, 1.82) is 0 Å². The van der Waals surface area contributed by atoms with Gasteiger partial charge >= 0.3 is 0 Å². The number of rotatable bonds is 1. The Morgan fingerprint density at radius 1 is 1.50 bits per heavy atom. The molecule has 0 aliphatic rings. The molecule has 0 radical (unpaired) electrons. The molecule has 1 aromatic carbocycles. The summed E-state index contributed by atoms with van der Waals surface area (Å²) in [6.07, 6.45) is 1.39. The third kappa shape index (κ3) is 1.83. The standard InChI is InChI=1S/C8H5BrO/c9-8-3-1-2-7(6-8)4-5-10/h1-4,6H. The van der Waals surface area contributed by atoms with Crippen molar-refractivity contribution in [3.05, 3.63) is 34.3 Å². The van der Waals surface area contributed by atoms with E-state index in [1.165, 1.54) is 6.08 Å². The molecular formula is C8H5BrO. The first-order valence-corrected chi connectivity index (χ1v) is 3.58. The van der Waals surface area contributed by atoms with Crippen LogP contribution in [0.15, 0.2) is 28.7 Å². The lowest BCUT2D eigenvalue weighted by molar-refractivity contribution is 0.570. The van der Waals surface area contributed by atoms with Crippen molar-refractivity contribution in [2.75, 3.05) is 0 Å². The van der Waals surface area contributed by atoms with Crippen LogP contribution in [0.4, 0.5) is 0 Å². The molecule has 1 nitrogen and oxygen atoms in total. The molecule has 0 atom stereocenters. The number of benzene rings is 1. The smallest absolute Gasteiger partial charge is 0.125 e. The maximum Gasteiger partial charge on any atom is 0.125 e. The summed E-state index contributed by atoms with van der Waals surface area (Å²) in [7, 11) is 0. The van der Waals surface area contributed by atoms with Gasteiger partial charge in [-0.1, -0.05) is 28.1 Å². The molecular weight excluding hydrogens is 192 g/mol. The van der Waals surface area contributed by atoms with E-state index in [9.17, 15) is 4.79 Å². The van der Waals surface area contributed by atoms with Gasteiger partial charge in [-0.3, -0.25) is 0 Å². The number of halogens is 1. The van der Waals surface area contributed by atoms with Crippen molar-refractivity contribution < 1.29 is 4.79 Å². The van der Waals surface area contributed by atoms with Crippen LogP contribution in [0, 0.1) is 0 Å². The second-order valence-corrected chi connectivity index (χ2v) is 2.73. The molecule has 10 heavy (non-hydrogen) atoms. The third-order valence-corrected chi connectivity index (χ3v) is 1.57. The van der Waals surface area contributed by atoms with Crippen LogP contribution in [0.2, 0.25) is 0 Å². The molecule has 2 heteroatoms. The Balaban J connectivity index is 3.06. The van der Waals surface area contributed by atoms with E-state index in [1.54, 1.807) is 5.94 Å². The lowest BCUT2D eigenvalue weighted by Gasteiger charge is -1.89. The minimum absolute atomic E-state index is 0.865. The van der Waals surface area contributed by atoms with Gasteiger partial charge in [-0.05, 0) is 17.7 Å². The van der Waals surface area contributed by atoms with Gasteiger partial charge in [0.05, 0.1) is 0 Å². The fourth-order valence-corrected chi connectivity index (χ4v) is 1.08. The highest BCUT2D eigenvalue weighted by atomic mass is 79.9. The monoisotopic (exact) mass is 196 g/mol. The second kappa shape index (κ2) is 3.35. The average molecular weight is 197 g/mol. The van der Waals surface area contributed by atoms with E-state index in [0.29, 0.717) is 0 Å². The molecule has 0 N–H and O–H groups in total. The molecule has 0 unspecified atom stereocenters. The first-order chi connectivity index (χ1) is 4.83. The molecule has 50 valence electrons. The molecule has 0 heterocycles. The molecule has 0 bridgehead atoms. The van der Waals surface area contributed by atoms with Gasteiger partial charge in [-0.15, -0.1) is 0 Å². The summed E-state index contributed by atoms with van der Waals surface area (Å²) >= 11 is 3.28. The van der Waals surface area contributed by atoms with Gasteiger partial charge < -0.3 is 0 Å². The first kappa shape index (κ1) is 7.26. The Hall–Kier alpha value is -0.850. The fourth-order valence-electron chi connectivity index (χ4n) is 0.664. The van der Waals surface area contributed by atoms with Crippen molar-refractivity contribution in [3.63, 3.8) is 0 Å². The van der Waals surface area contributed by atoms with E-state index in [-0.39, 0.29) is 0 Å². The zero-order chi connectivity index (χ0) is 7.40. The topological polar surface area (TPSA) is 17.1 Å². The van der Waals surface area contributed by atoms with E-state index in [2.05, 4.69) is 15.9 Å². The van der Waals surface area contributed by atoms with E-state index in [4.69, 9.17) is 0 Å². The molecule has 0 saturated carbocycles. The van der Waals surface area contributed by atoms with Gasteiger partial charge in [-0.2, -0.15) is 0 Å². The van der Waals surface area contributed by atoms with Gasteiger partial charge in [0.25, 0.3) is 0 Å². The molecule has 0 aliphatic heterocycles. The van der Waals surface area contributed by atoms with Crippen molar-refractivity contribution in [1.82, 2.24) is 0 Å². The molecule has 1 rings (SSSR count). The van der Waals surface area contributed by atoms with E-state index in [1.807, 2.05) is 24.3 Å². The summed E-state index contributed by atoms with van der Waals surface area (Å²) in [6.45, 7) is 0. The second-order valence-electron chi connectivity index (χ2n) is 1.82. The van der Waals surface area contributed by atoms with Gasteiger partial charge in [0.15, 0.2) is 0 Å². The molecule has 0 amide bonds. The van der Waals surface area contributed by atoms with Crippen molar-refractivity contribution in [3.8, 4) is 0 Å². The lowest BCUT2D eigenvalue weighted by atomic mass is 10.2. The third-order valence-electron chi connectivity index (χ3n) is 1.07. The summed E-state index contributed by atoms with van der Waals surface area (Å²) in [6, 6.07) is 7.47. The van der Waals surface area contributed by atoms with Crippen LogP contribution in [0.1, 0.15) is 5.56 Å². The van der Waals surface area contributed by atoms with Crippen molar-refractivity contribution in [2.45, 2.75) is 0 Å². The summed E-state index contributed by atoms with van der Waals surface area (Å²) in [5.74, 6) is 1.72. The zero-order valence-electron chi connectivity index (χ0n) is 5.17. The maximum absolute atomic E-state index is 9.89.